The molecule has 0 atom stereocenters. The molecule has 1 saturated heterocycles. The zero-order valence-corrected chi connectivity index (χ0v) is 20.4. The molecule has 0 unspecified atom stereocenters. The summed E-state index contributed by atoms with van der Waals surface area (Å²) in [7, 11) is 0. The monoisotopic (exact) mass is 506 g/mol. The van der Waals surface area contributed by atoms with Crippen molar-refractivity contribution in [3.05, 3.63) is 87.3 Å². The van der Waals surface area contributed by atoms with Crippen molar-refractivity contribution in [2.24, 2.45) is 0 Å². The highest BCUT2D eigenvalue weighted by molar-refractivity contribution is 7.18. The van der Waals surface area contributed by atoms with E-state index in [9.17, 15) is 4.79 Å². The van der Waals surface area contributed by atoms with Gasteiger partial charge in [-0.25, -0.2) is 0 Å². The van der Waals surface area contributed by atoms with Gasteiger partial charge in [0.15, 0.2) is 5.76 Å². The number of hydrogen-bond acceptors (Lipinski definition) is 6. The number of para-hydroxylation sites is 1. The second-order valence-electron chi connectivity index (χ2n) is 8.13. The van der Waals surface area contributed by atoms with E-state index in [0.717, 1.165) is 37.1 Å². The van der Waals surface area contributed by atoms with Gasteiger partial charge in [0.25, 0.3) is 5.91 Å². The van der Waals surface area contributed by atoms with Gasteiger partial charge in [0.1, 0.15) is 23.0 Å². The van der Waals surface area contributed by atoms with Crippen LogP contribution in [0.4, 0.5) is 0 Å². The minimum absolute atomic E-state index is 0.188. The lowest BCUT2D eigenvalue weighted by atomic mass is 10.1. The van der Waals surface area contributed by atoms with E-state index in [4.69, 9.17) is 26.3 Å². The van der Waals surface area contributed by atoms with E-state index in [0.29, 0.717) is 38.0 Å². The fourth-order valence-corrected chi connectivity index (χ4v) is 4.88. The summed E-state index contributed by atoms with van der Waals surface area (Å²) < 4.78 is 12.2. The Bertz CT molecular complexity index is 1350. The molecule has 0 spiro atoms. The summed E-state index contributed by atoms with van der Waals surface area (Å²) in [5, 5.41) is 15.7. The molecule has 2 aromatic heterocycles. The number of aromatic nitrogens is 1. The average molecular weight is 507 g/mol. The van der Waals surface area contributed by atoms with Gasteiger partial charge in [0, 0.05) is 30.3 Å². The van der Waals surface area contributed by atoms with Crippen molar-refractivity contribution in [3.63, 3.8) is 0 Å². The van der Waals surface area contributed by atoms with Crippen molar-refractivity contribution in [2.45, 2.75) is 19.4 Å². The normalized spacial score (nSPS) is 13.1. The first-order valence-electron chi connectivity index (χ1n) is 11.3. The maximum atomic E-state index is 12.3. The van der Waals surface area contributed by atoms with Crippen LogP contribution in [-0.2, 0) is 6.54 Å². The Hall–Kier alpha value is -3.62. The summed E-state index contributed by atoms with van der Waals surface area (Å²) in [6.45, 7) is 1.98. The minimum atomic E-state index is -0.224. The number of carbonyl (C=O) groups excluding carboxylic acids is 1. The van der Waals surface area contributed by atoms with Crippen LogP contribution in [-0.4, -0.2) is 34.9 Å². The Morgan fingerprint density at radius 2 is 1.91 bits per heavy atom. The van der Waals surface area contributed by atoms with E-state index >= 15 is 0 Å². The van der Waals surface area contributed by atoms with E-state index in [2.05, 4.69) is 15.4 Å². The van der Waals surface area contributed by atoms with Crippen molar-refractivity contribution >= 4 is 34.7 Å². The van der Waals surface area contributed by atoms with Gasteiger partial charge >= 0.3 is 0 Å². The fourth-order valence-electron chi connectivity index (χ4n) is 3.92. The molecule has 178 valence electrons. The SMILES string of the molecule is N=C(c1ccc(-c2cc(CNC(=O)c3ccc(Cl)s3)on2)c(Oc2ccccc2)c1)N1CCCC1. The van der Waals surface area contributed by atoms with Crippen LogP contribution in [0.25, 0.3) is 11.3 Å². The molecular formula is C26H23ClN4O3S. The van der Waals surface area contributed by atoms with Crippen LogP contribution in [0.3, 0.4) is 0 Å². The molecule has 0 bridgehead atoms. The predicted molar refractivity (Wildman–Crippen MR) is 137 cm³/mol. The number of likely N-dealkylation sites (tertiary alicyclic amines) is 1. The van der Waals surface area contributed by atoms with E-state index in [1.165, 1.54) is 11.3 Å². The summed E-state index contributed by atoms with van der Waals surface area (Å²) in [5.74, 6) is 2.04. The maximum Gasteiger partial charge on any atom is 0.261 e. The second kappa shape index (κ2) is 10.3. The van der Waals surface area contributed by atoms with Crippen LogP contribution in [0.15, 0.2) is 71.3 Å². The number of benzene rings is 2. The molecule has 1 aliphatic rings. The van der Waals surface area contributed by atoms with Crippen molar-refractivity contribution in [2.75, 3.05) is 13.1 Å². The Balaban J connectivity index is 1.38. The first-order valence-corrected chi connectivity index (χ1v) is 12.5. The quantitative estimate of drug-likeness (QED) is 0.230. The largest absolute Gasteiger partial charge is 0.457 e. The molecule has 9 heteroatoms. The highest BCUT2D eigenvalue weighted by atomic mass is 35.5. The zero-order chi connectivity index (χ0) is 24.2. The summed E-state index contributed by atoms with van der Waals surface area (Å²) in [6.07, 6.45) is 2.21. The molecule has 2 N–H and O–H groups in total. The number of nitrogens with zero attached hydrogens (tertiary/aromatic N) is 2. The van der Waals surface area contributed by atoms with Crippen molar-refractivity contribution in [1.29, 1.82) is 5.41 Å². The molecule has 1 aliphatic heterocycles. The number of ether oxygens (including phenoxy) is 1. The van der Waals surface area contributed by atoms with Gasteiger partial charge in [-0.1, -0.05) is 41.0 Å². The summed E-state index contributed by atoms with van der Waals surface area (Å²) in [4.78, 5) is 14.9. The van der Waals surface area contributed by atoms with Crippen LogP contribution in [0, 0.1) is 5.41 Å². The number of hydrogen-bond donors (Lipinski definition) is 2. The number of thiophene rings is 1. The van der Waals surface area contributed by atoms with Gasteiger partial charge < -0.3 is 19.5 Å². The van der Waals surface area contributed by atoms with Crippen molar-refractivity contribution in [3.8, 4) is 22.8 Å². The Kier molecular flexibility index (Phi) is 6.83. The lowest BCUT2D eigenvalue weighted by molar-refractivity contribution is 0.0951. The van der Waals surface area contributed by atoms with E-state index in [-0.39, 0.29) is 12.5 Å². The van der Waals surface area contributed by atoms with Gasteiger partial charge in [-0.15, -0.1) is 11.3 Å². The lowest BCUT2D eigenvalue weighted by Crippen LogP contribution is -2.27. The highest BCUT2D eigenvalue weighted by Crippen LogP contribution is 2.34. The Labute approximate surface area is 211 Å². The molecule has 7 nitrogen and oxygen atoms in total. The average Bonchev–Trinajstić information content (AvgIpc) is 3.65. The summed E-state index contributed by atoms with van der Waals surface area (Å²) in [6, 6.07) is 20.3. The van der Waals surface area contributed by atoms with Gasteiger partial charge in [-0.3, -0.25) is 10.2 Å². The predicted octanol–water partition coefficient (Wildman–Crippen LogP) is 6.20. The molecule has 0 aliphatic carbocycles. The number of rotatable bonds is 7. The highest BCUT2D eigenvalue weighted by Gasteiger charge is 2.20. The second-order valence-corrected chi connectivity index (χ2v) is 9.85. The van der Waals surface area contributed by atoms with Gasteiger partial charge in [0.2, 0.25) is 0 Å². The molecule has 35 heavy (non-hydrogen) atoms. The van der Waals surface area contributed by atoms with Gasteiger partial charge in [0.05, 0.1) is 15.8 Å². The van der Waals surface area contributed by atoms with E-state index in [1.807, 2.05) is 48.5 Å². The van der Waals surface area contributed by atoms with Crippen LogP contribution in [0.2, 0.25) is 4.34 Å². The van der Waals surface area contributed by atoms with E-state index in [1.54, 1.807) is 18.2 Å². The zero-order valence-electron chi connectivity index (χ0n) is 18.8. The van der Waals surface area contributed by atoms with Crippen molar-refractivity contribution < 1.29 is 14.1 Å². The topological polar surface area (TPSA) is 91.5 Å². The molecular weight excluding hydrogens is 484 g/mol. The van der Waals surface area contributed by atoms with Gasteiger partial charge in [-0.05, 0) is 49.2 Å². The van der Waals surface area contributed by atoms with Crippen molar-refractivity contribution in [1.82, 2.24) is 15.4 Å². The standard InChI is InChI=1S/C26H23ClN4O3S/c27-24-11-10-23(35-24)26(32)29-16-19-15-21(30-34-19)20-9-8-17(25(28)31-12-4-5-13-31)14-22(20)33-18-6-2-1-3-7-18/h1-3,6-11,14-15,28H,4-5,12-13,16H2,(H,29,32). The number of halogens is 1. The fraction of sp³-hybridized carbons (Fsp3) is 0.192. The van der Waals surface area contributed by atoms with Crippen LogP contribution in [0.5, 0.6) is 11.5 Å². The molecule has 0 radical (unpaired) electrons. The maximum absolute atomic E-state index is 12.3. The Morgan fingerprint density at radius 3 is 2.66 bits per heavy atom. The molecule has 1 fully saturated rings. The molecule has 3 heterocycles. The molecule has 1 amide bonds. The molecule has 5 rings (SSSR count). The van der Waals surface area contributed by atoms with Gasteiger partial charge in [-0.2, -0.15) is 0 Å². The number of amidine groups is 1. The number of carbonyl (C=O) groups is 1. The lowest BCUT2D eigenvalue weighted by Gasteiger charge is -2.19. The summed E-state index contributed by atoms with van der Waals surface area (Å²) in [5.41, 5.74) is 2.10. The third-order valence-corrected chi connectivity index (χ3v) is 6.93. The number of amides is 1. The Morgan fingerprint density at radius 1 is 1.11 bits per heavy atom. The number of nitrogens with one attached hydrogen (secondary N) is 2. The van der Waals surface area contributed by atoms with Crippen LogP contribution >= 0.6 is 22.9 Å². The van der Waals surface area contributed by atoms with Crippen LogP contribution in [0.1, 0.15) is 33.8 Å². The van der Waals surface area contributed by atoms with Crippen LogP contribution < -0.4 is 10.1 Å². The third kappa shape index (κ3) is 5.39. The third-order valence-electron chi connectivity index (χ3n) is 5.70. The molecule has 2 aromatic carbocycles. The van der Waals surface area contributed by atoms with E-state index < -0.39 is 0 Å². The molecule has 0 saturated carbocycles. The first kappa shape index (κ1) is 23.1. The minimum Gasteiger partial charge on any atom is -0.457 e. The molecule has 4 aromatic rings. The first-order chi connectivity index (χ1) is 17.1. The summed E-state index contributed by atoms with van der Waals surface area (Å²) >= 11 is 7.13. The smallest absolute Gasteiger partial charge is 0.261 e.